The summed E-state index contributed by atoms with van der Waals surface area (Å²) in [6, 6.07) is -0.222. The molecule has 1 aliphatic heterocycles. The van der Waals surface area contributed by atoms with Crippen molar-refractivity contribution in [3.63, 3.8) is 0 Å². The second-order valence-electron chi connectivity index (χ2n) is 4.27. The highest BCUT2D eigenvalue weighted by Crippen LogP contribution is 2.18. The third-order valence-corrected chi connectivity index (χ3v) is 2.83. The summed E-state index contributed by atoms with van der Waals surface area (Å²) in [5.41, 5.74) is 0. The van der Waals surface area contributed by atoms with Crippen LogP contribution < -0.4 is 10.6 Å². The summed E-state index contributed by atoms with van der Waals surface area (Å²) in [6.07, 6.45) is 2.22. The lowest BCUT2D eigenvalue weighted by Crippen LogP contribution is -2.43. The zero-order chi connectivity index (χ0) is 11.7. The molecule has 1 saturated carbocycles. The van der Waals surface area contributed by atoms with E-state index < -0.39 is 6.04 Å². The van der Waals surface area contributed by atoms with Crippen LogP contribution in [0.25, 0.3) is 0 Å². The topological polar surface area (TPSA) is 78.5 Å². The average Bonchev–Trinajstić information content (AvgIpc) is 3.01. The van der Waals surface area contributed by atoms with Crippen molar-refractivity contribution in [1.82, 2.24) is 15.5 Å². The summed E-state index contributed by atoms with van der Waals surface area (Å²) in [5.74, 6) is -0.577. The zero-order valence-electron chi connectivity index (χ0n) is 9.16. The maximum absolute atomic E-state index is 11.5. The largest absolute Gasteiger partial charge is 0.352 e. The molecular weight excluding hydrogens is 210 g/mol. The van der Waals surface area contributed by atoms with Gasteiger partial charge in [0.2, 0.25) is 17.7 Å². The second-order valence-corrected chi connectivity index (χ2v) is 4.27. The molecule has 2 fully saturated rings. The van der Waals surface area contributed by atoms with E-state index in [9.17, 15) is 14.4 Å². The van der Waals surface area contributed by atoms with Crippen LogP contribution in [-0.2, 0) is 14.4 Å². The van der Waals surface area contributed by atoms with E-state index in [1.54, 1.807) is 0 Å². The Morgan fingerprint density at radius 2 is 2.12 bits per heavy atom. The minimum absolute atomic E-state index is 0.0913. The monoisotopic (exact) mass is 225 g/mol. The van der Waals surface area contributed by atoms with Crippen molar-refractivity contribution in [2.75, 3.05) is 13.6 Å². The number of hydrogen-bond acceptors (Lipinski definition) is 4. The first kappa shape index (κ1) is 11.1. The van der Waals surface area contributed by atoms with Gasteiger partial charge >= 0.3 is 0 Å². The van der Waals surface area contributed by atoms with E-state index >= 15 is 0 Å². The Morgan fingerprint density at radius 1 is 1.44 bits per heavy atom. The molecule has 2 rings (SSSR count). The molecule has 1 atom stereocenters. The van der Waals surface area contributed by atoms with E-state index in [0.29, 0.717) is 6.04 Å². The maximum atomic E-state index is 11.5. The molecule has 0 bridgehead atoms. The molecule has 1 saturated heterocycles. The van der Waals surface area contributed by atoms with Gasteiger partial charge in [-0.15, -0.1) is 0 Å². The fraction of sp³-hybridized carbons (Fsp3) is 0.700. The van der Waals surface area contributed by atoms with Gasteiger partial charge in [0, 0.05) is 13.1 Å². The van der Waals surface area contributed by atoms with Gasteiger partial charge in [-0.2, -0.15) is 0 Å². The van der Waals surface area contributed by atoms with E-state index in [1.807, 2.05) is 0 Å². The number of amides is 3. The van der Waals surface area contributed by atoms with Gasteiger partial charge in [0.15, 0.2) is 0 Å². The summed E-state index contributed by atoms with van der Waals surface area (Å²) in [7, 11) is 1.45. The first-order valence-corrected chi connectivity index (χ1v) is 5.41. The Kier molecular flexibility index (Phi) is 2.91. The van der Waals surface area contributed by atoms with Crippen LogP contribution in [-0.4, -0.2) is 48.3 Å². The number of hydrogen-bond donors (Lipinski definition) is 2. The minimum Gasteiger partial charge on any atom is -0.352 e. The molecule has 3 amide bonds. The third kappa shape index (κ3) is 2.38. The first-order valence-electron chi connectivity index (χ1n) is 5.41. The van der Waals surface area contributed by atoms with E-state index in [0.717, 1.165) is 17.7 Å². The fourth-order valence-corrected chi connectivity index (χ4v) is 1.64. The molecule has 0 spiro atoms. The van der Waals surface area contributed by atoms with Gasteiger partial charge in [-0.3, -0.25) is 24.6 Å². The smallest absolute Gasteiger partial charge is 0.246 e. The van der Waals surface area contributed by atoms with Crippen molar-refractivity contribution in [3.05, 3.63) is 0 Å². The molecule has 1 aliphatic carbocycles. The number of likely N-dealkylation sites (tertiary alicyclic amines) is 1. The van der Waals surface area contributed by atoms with Crippen LogP contribution in [0, 0.1) is 0 Å². The Labute approximate surface area is 93.4 Å². The molecule has 2 aliphatic rings. The zero-order valence-corrected chi connectivity index (χ0v) is 9.16. The van der Waals surface area contributed by atoms with Crippen LogP contribution in [0.1, 0.15) is 19.3 Å². The van der Waals surface area contributed by atoms with Gasteiger partial charge in [0.05, 0.1) is 19.0 Å². The van der Waals surface area contributed by atoms with Crippen LogP contribution in [0.15, 0.2) is 0 Å². The second kappa shape index (κ2) is 4.21. The van der Waals surface area contributed by atoms with E-state index in [-0.39, 0.29) is 30.7 Å². The van der Waals surface area contributed by atoms with Gasteiger partial charge in [-0.05, 0) is 12.8 Å². The van der Waals surface area contributed by atoms with Crippen molar-refractivity contribution < 1.29 is 14.4 Å². The number of likely N-dealkylation sites (N-methyl/N-ethyl adjacent to an activating group) is 1. The number of rotatable bonds is 4. The quantitative estimate of drug-likeness (QED) is 0.577. The van der Waals surface area contributed by atoms with E-state index in [1.165, 1.54) is 7.05 Å². The number of carbonyl (C=O) groups is 3. The number of carbonyl (C=O) groups excluding carboxylic acids is 3. The summed E-state index contributed by atoms with van der Waals surface area (Å²) in [6.45, 7) is 0.0913. The fourth-order valence-electron chi connectivity index (χ4n) is 1.64. The van der Waals surface area contributed by atoms with E-state index in [4.69, 9.17) is 0 Å². The van der Waals surface area contributed by atoms with Crippen LogP contribution >= 0.6 is 0 Å². The highest BCUT2D eigenvalue weighted by molar-refractivity contribution is 6.05. The van der Waals surface area contributed by atoms with Crippen molar-refractivity contribution in [1.29, 1.82) is 0 Å². The third-order valence-electron chi connectivity index (χ3n) is 2.83. The standard InChI is InChI=1S/C10H15N3O3/c1-13-9(15)4-7(10(13)16)11-5-8(14)12-6-2-3-6/h6-7,11H,2-5H2,1H3,(H,12,14). The highest BCUT2D eigenvalue weighted by atomic mass is 16.2. The van der Waals surface area contributed by atoms with Gasteiger partial charge in [0.25, 0.3) is 0 Å². The molecule has 0 aromatic rings. The number of nitrogens with zero attached hydrogens (tertiary/aromatic N) is 1. The van der Waals surface area contributed by atoms with Crippen LogP contribution in [0.5, 0.6) is 0 Å². The Morgan fingerprint density at radius 3 is 2.62 bits per heavy atom. The van der Waals surface area contributed by atoms with Crippen molar-refractivity contribution >= 4 is 17.7 Å². The molecule has 88 valence electrons. The lowest BCUT2D eigenvalue weighted by Gasteiger charge is -2.10. The van der Waals surface area contributed by atoms with Gasteiger partial charge in [0.1, 0.15) is 0 Å². The van der Waals surface area contributed by atoms with Crippen molar-refractivity contribution in [3.8, 4) is 0 Å². The molecule has 0 aromatic carbocycles. The predicted molar refractivity (Wildman–Crippen MR) is 55.3 cm³/mol. The molecule has 6 heteroatoms. The number of nitrogens with one attached hydrogen (secondary N) is 2. The normalized spacial score (nSPS) is 25.1. The van der Waals surface area contributed by atoms with Crippen molar-refractivity contribution in [2.45, 2.75) is 31.3 Å². The summed E-state index contributed by atoms with van der Waals surface area (Å²) >= 11 is 0. The van der Waals surface area contributed by atoms with Gasteiger partial charge < -0.3 is 5.32 Å². The van der Waals surface area contributed by atoms with Gasteiger partial charge in [-0.1, -0.05) is 0 Å². The number of imide groups is 1. The molecular formula is C10H15N3O3. The Bertz CT molecular complexity index is 338. The van der Waals surface area contributed by atoms with E-state index in [2.05, 4.69) is 10.6 Å². The summed E-state index contributed by atoms with van der Waals surface area (Å²) < 4.78 is 0. The predicted octanol–water partition coefficient (Wildman–Crippen LogP) is -1.39. The average molecular weight is 225 g/mol. The molecule has 0 aromatic heterocycles. The van der Waals surface area contributed by atoms with Crippen molar-refractivity contribution in [2.24, 2.45) is 0 Å². The molecule has 0 radical (unpaired) electrons. The lowest BCUT2D eigenvalue weighted by atomic mass is 10.2. The summed E-state index contributed by atoms with van der Waals surface area (Å²) in [5, 5.41) is 5.60. The SMILES string of the molecule is CN1C(=O)CC(NCC(=O)NC2CC2)C1=O. The Balaban J connectivity index is 1.75. The molecule has 16 heavy (non-hydrogen) atoms. The van der Waals surface area contributed by atoms with Crippen LogP contribution in [0.4, 0.5) is 0 Å². The molecule has 1 heterocycles. The van der Waals surface area contributed by atoms with Crippen LogP contribution in [0.3, 0.4) is 0 Å². The minimum atomic E-state index is -0.539. The van der Waals surface area contributed by atoms with Crippen LogP contribution in [0.2, 0.25) is 0 Å². The highest BCUT2D eigenvalue weighted by Gasteiger charge is 2.36. The maximum Gasteiger partial charge on any atom is 0.246 e. The molecule has 6 nitrogen and oxygen atoms in total. The molecule has 2 N–H and O–H groups in total. The molecule has 1 unspecified atom stereocenters. The first-order chi connectivity index (χ1) is 7.58. The Hall–Kier alpha value is -1.43. The lowest BCUT2D eigenvalue weighted by molar-refractivity contribution is -0.137. The van der Waals surface area contributed by atoms with Gasteiger partial charge in [-0.25, -0.2) is 0 Å². The summed E-state index contributed by atoms with van der Waals surface area (Å²) in [4.78, 5) is 35.1.